The van der Waals surface area contributed by atoms with Gasteiger partial charge in [-0.05, 0) is 68.4 Å². The Labute approximate surface area is 161 Å². The number of nitrogens with zero attached hydrogens (tertiary/aromatic N) is 1. The van der Waals surface area contributed by atoms with Gasteiger partial charge in [-0.1, -0.05) is 37.8 Å². The molecule has 2 N–H and O–H groups in total. The van der Waals surface area contributed by atoms with Crippen LogP contribution in [0.25, 0.3) is 0 Å². The van der Waals surface area contributed by atoms with Gasteiger partial charge >= 0.3 is 0 Å². The Hall–Kier alpha value is -1.20. The summed E-state index contributed by atoms with van der Waals surface area (Å²) >= 11 is 5.75. The van der Waals surface area contributed by atoms with E-state index in [-0.39, 0.29) is 17.3 Å². The molecule has 26 heavy (non-hydrogen) atoms. The van der Waals surface area contributed by atoms with Crippen molar-refractivity contribution in [3.63, 3.8) is 0 Å². The Balaban J connectivity index is 1.56. The van der Waals surface area contributed by atoms with Crippen molar-refractivity contribution in [2.75, 3.05) is 6.54 Å². The zero-order valence-corrected chi connectivity index (χ0v) is 16.2. The molecule has 3 fully saturated rings. The summed E-state index contributed by atoms with van der Waals surface area (Å²) in [6.45, 7) is 0.667. The highest BCUT2D eigenvalue weighted by Gasteiger charge is 2.58. The van der Waals surface area contributed by atoms with Gasteiger partial charge in [0.1, 0.15) is 11.5 Å². The molecule has 4 rings (SSSR count). The lowest BCUT2D eigenvalue weighted by Gasteiger charge is -2.61. The largest absolute Gasteiger partial charge is 0.370 e. The number of benzene rings is 1. The Bertz CT molecular complexity index is 658. The second-order valence-corrected chi connectivity index (χ2v) is 8.74. The summed E-state index contributed by atoms with van der Waals surface area (Å²) in [4.78, 5) is 2.04. The van der Waals surface area contributed by atoms with Crippen LogP contribution in [0.15, 0.2) is 24.3 Å². The van der Waals surface area contributed by atoms with Crippen molar-refractivity contribution in [3.8, 4) is 0 Å². The number of halogens is 1. The number of nitrogens with one attached hydrogen (secondary N) is 1. The predicted octanol–water partition coefficient (Wildman–Crippen LogP) is 4.14. The first kappa shape index (κ1) is 18.2. The molecular weight excluding hydrogens is 347 g/mol. The highest BCUT2D eigenvalue weighted by molar-refractivity contribution is 7.80. The van der Waals surface area contributed by atoms with Crippen LogP contribution < -0.4 is 5.32 Å². The van der Waals surface area contributed by atoms with Gasteiger partial charge in [0.25, 0.3) is 0 Å². The van der Waals surface area contributed by atoms with Crippen LogP contribution >= 0.6 is 12.2 Å². The first-order valence-electron chi connectivity index (χ1n) is 10.1. The van der Waals surface area contributed by atoms with E-state index in [1.54, 1.807) is 0 Å². The summed E-state index contributed by atoms with van der Waals surface area (Å²) in [6, 6.07) is 6.64. The summed E-state index contributed by atoms with van der Waals surface area (Å²) in [6.07, 6.45) is 10.8. The van der Waals surface area contributed by atoms with Gasteiger partial charge in [0.2, 0.25) is 0 Å². The molecule has 0 radical (unpaired) electrons. The first-order valence-corrected chi connectivity index (χ1v) is 10.5. The van der Waals surface area contributed by atoms with Gasteiger partial charge in [-0.25, -0.2) is 4.39 Å². The fraction of sp³-hybridized carbons (Fsp3) is 0.667. The van der Waals surface area contributed by atoms with Crippen LogP contribution in [0.5, 0.6) is 0 Å². The van der Waals surface area contributed by atoms with Gasteiger partial charge in [-0.3, -0.25) is 0 Å². The molecule has 142 valence electrons. The molecule has 3 nitrogen and oxygen atoms in total. The molecule has 0 amide bonds. The van der Waals surface area contributed by atoms with E-state index in [4.69, 9.17) is 12.2 Å². The minimum Gasteiger partial charge on any atom is -0.370 e. The lowest BCUT2D eigenvalue weighted by Crippen LogP contribution is -2.75. The van der Waals surface area contributed by atoms with Crippen LogP contribution in [0.3, 0.4) is 0 Å². The van der Waals surface area contributed by atoms with Crippen LogP contribution in [-0.4, -0.2) is 32.9 Å². The summed E-state index contributed by atoms with van der Waals surface area (Å²) in [5, 5.41) is 16.2. The second kappa shape index (κ2) is 7.08. The lowest BCUT2D eigenvalue weighted by molar-refractivity contribution is -0.181. The summed E-state index contributed by atoms with van der Waals surface area (Å²) in [5.74, 6) is 0.0260. The molecule has 0 aromatic heterocycles. The van der Waals surface area contributed by atoms with Crippen molar-refractivity contribution in [1.82, 2.24) is 10.2 Å². The summed E-state index contributed by atoms with van der Waals surface area (Å²) in [7, 11) is 0. The Morgan fingerprint density at radius 2 is 1.77 bits per heavy atom. The van der Waals surface area contributed by atoms with Crippen LogP contribution in [0.2, 0.25) is 0 Å². The van der Waals surface area contributed by atoms with Crippen LogP contribution in [0.1, 0.15) is 63.4 Å². The zero-order valence-electron chi connectivity index (χ0n) is 15.3. The molecule has 5 heteroatoms. The van der Waals surface area contributed by atoms with Gasteiger partial charge in [-0.2, -0.15) is 0 Å². The van der Waals surface area contributed by atoms with Crippen molar-refractivity contribution in [3.05, 3.63) is 35.6 Å². The molecule has 2 saturated carbocycles. The first-order chi connectivity index (χ1) is 12.5. The summed E-state index contributed by atoms with van der Waals surface area (Å²) < 4.78 is 13.1. The third-order valence-electron chi connectivity index (χ3n) is 6.86. The van der Waals surface area contributed by atoms with E-state index in [0.29, 0.717) is 11.7 Å². The Morgan fingerprint density at radius 1 is 1.08 bits per heavy atom. The maximum atomic E-state index is 13.1. The van der Waals surface area contributed by atoms with E-state index in [1.807, 2.05) is 17.0 Å². The SMILES string of the molecule is OC12CCCCC1C1(CCCCC1)NC(=S)N2CCc1ccc(F)cc1. The quantitative estimate of drug-likeness (QED) is 0.777. The van der Waals surface area contributed by atoms with Gasteiger partial charge in [0.05, 0.1) is 0 Å². The molecule has 3 aliphatic rings. The minimum atomic E-state index is -0.835. The maximum absolute atomic E-state index is 13.1. The average Bonchev–Trinajstić information content (AvgIpc) is 2.63. The van der Waals surface area contributed by atoms with E-state index in [0.717, 1.165) is 44.1 Å². The third-order valence-corrected chi connectivity index (χ3v) is 7.19. The molecule has 1 aromatic carbocycles. The number of hydrogen-bond donors (Lipinski definition) is 2. The van der Waals surface area contributed by atoms with Crippen molar-refractivity contribution < 1.29 is 9.50 Å². The van der Waals surface area contributed by atoms with Crippen LogP contribution in [0.4, 0.5) is 4.39 Å². The molecule has 0 bridgehead atoms. The van der Waals surface area contributed by atoms with E-state index in [9.17, 15) is 9.50 Å². The van der Waals surface area contributed by atoms with E-state index in [1.165, 1.54) is 37.8 Å². The van der Waals surface area contributed by atoms with E-state index < -0.39 is 5.72 Å². The second-order valence-electron chi connectivity index (χ2n) is 8.35. The number of rotatable bonds is 3. The highest BCUT2D eigenvalue weighted by Crippen LogP contribution is 2.50. The standard InChI is InChI=1S/C21H29FN2OS/c22-17-9-7-16(8-10-17)11-15-24-19(26)23-20(12-3-1-4-13-20)18-6-2-5-14-21(18,24)25/h7-10,18,25H,1-6,11-15H2,(H,23,26). The molecule has 1 spiro atoms. The molecule has 2 aliphatic carbocycles. The van der Waals surface area contributed by atoms with Crippen molar-refractivity contribution >= 4 is 17.3 Å². The molecule has 1 aliphatic heterocycles. The van der Waals surface area contributed by atoms with Gasteiger partial charge < -0.3 is 15.3 Å². The lowest BCUT2D eigenvalue weighted by atomic mass is 9.62. The number of fused-ring (bicyclic) bond motifs is 2. The number of thiocarbonyl (C=S) groups is 1. The smallest absolute Gasteiger partial charge is 0.171 e. The molecule has 1 saturated heterocycles. The molecule has 2 unspecified atom stereocenters. The predicted molar refractivity (Wildman–Crippen MR) is 105 cm³/mol. The van der Waals surface area contributed by atoms with Crippen LogP contribution in [0, 0.1) is 11.7 Å². The molecule has 2 atom stereocenters. The van der Waals surface area contributed by atoms with E-state index in [2.05, 4.69) is 5.32 Å². The van der Waals surface area contributed by atoms with Gasteiger partial charge in [0.15, 0.2) is 5.11 Å². The Morgan fingerprint density at radius 3 is 2.50 bits per heavy atom. The Kier molecular flexibility index (Phi) is 4.95. The minimum absolute atomic E-state index is 0.0170. The van der Waals surface area contributed by atoms with E-state index >= 15 is 0 Å². The zero-order chi connectivity index (χ0) is 18.2. The number of hydrogen-bond acceptors (Lipinski definition) is 2. The van der Waals surface area contributed by atoms with Crippen LogP contribution in [-0.2, 0) is 6.42 Å². The monoisotopic (exact) mass is 376 g/mol. The third kappa shape index (κ3) is 3.13. The normalized spacial score (nSPS) is 30.8. The van der Waals surface area contributed by atoms with Crippen molar-refractivity contribution in [2.24, 2.45) is 5.92 Å². The fourth-order valence-corrected chi connectivity index (χ4v) is 6.02. The fourth-order valence-electron chi connectivity index (χ4n) is 5.57. The van der Waals surface area contributed by atoms with Gasteiger partial charge in [-0.15, -0.1) is 0 Å². The molecule has 1 aromatic rings. The molecular formula is C21H29FN2OS. The van der Waals surface area contributed by atoms with Gasteiger partial charge in [0, 0.05) is 18.0 Å². The summed E-state index contributed by atoms with van der Waals surface area (Å²) in [5.41, 5.74) is 0.220. The average molecular weight is 377 g/mol. The topological polar surface area (TPSA) is 35.5 Å². The number of aliphatic hydroxyl groups is 1. The van der Waals surface area contributed by atoms with Crippen molar-refractivity contribution in [1.29, 1.82) is 0 Å². The maximum Gasteiger partial charge on any atom is 0.171 e. The highest BCUT2D eigenvalue weighted by atomic mass is 32.1. The molecule has 1 heterocycles. The van der Waals surface area contributed by atoms with Crippen molar-refractivity contribution in [2.45, 2.75) is 75.5 Å².